The molecule has 0 radical (unpaired) electrons. The summed E-state index contributed by atoms with van der Waals surface area (Å²) >= 11 is 0. The van der Waals surface area contributed by atoms with Crippen molar-refractivity contribution in [1.82, 2.24) is 20.2 Å². The Bertz CT molecular complexity index is 409. The van der Waals surface area contributed by atoms with E-state index in [-0.39, 0.29) is 0 Å². The van der Waals surface area contributed by atoms with Crippen LogP contribution < -0.4 is 10.2 Å². The third-order valence-electron chi connectivity index (χ3n) is 4.14. The molecule has 1 aromatic heterocycles. The zero-order valence-corrected chi connectivity index (χ0v) is 13.8. The van der Waals surface area contributed by atoms with Gasteiger partial charge in [-0.25, -0.2) is 4.98 Å². The van der Waals surface area contributed by atoms with Crippen molar-refractivity contribution in [1.29, 1.82) is 0 Å². The van der Waals surface area contributed by atoms with Gasteiger partial charge in [0.25, 0.3) is 0 Å². The molecule has 1 saturated heterocycles. The lowest BCUT2D eigenvalue weighted by atomic mass is 9.97. The molecule has 118 valence electrons. The van der Waals surface area contributed by atoms with Crippen LogP contribution in [-0.4, -0.2) is 54.6 Å². The van der Waals surface area contributed by atoms with Gasteiger partial charge in [-0.05, 0) is 38.9 Å². The largest absolute Gasteiger partial charge is 0.358 e. The average molecular weight is 291 g/mol. The topological polar surface area (TPSA) is 44.3 Å². The summed E-state index contributed by atoms with van der Waals surface area (Å²) in [5.74, 6) is 1.75. The summed E-state index contributed by atoms with van der Waals surface area (Å²) in [5.41, 5.74) is 1.00. The molecule has 1 aliphatic rings. The lowest BCUT2D eigenvalue weighted by Gasteiger charge is -2.31. The van der Waals surface area contributed by atoms with Crippen LogP contribution in [0.2, 0.25) is 0 Å². The van der Waals surface area contributed by atoms with Crippen LogP contribution in [0.3, 0.4) is 0 Å². The monoisotopic (exact) mass is 291 g/mol. The van der Waals surface area contributed by atoms with Gasteiger partial charge >= 0.3 is 0 Å². The number of nitrogens with one attached hydrogen (secondary N) is 1. The van der Waals surface area contributed by atoms with Gasteiger partial charge in [0, 0.05) is 26.2 Å². The second-order valence-electron chi connectivity index (χ2n) is 6.53. The first-order valence-corrected chi connectivity index (χ1v) is 7.98. The second-order valence-corrected chi connectivity index (χ2v) is 6.53. The Balaban J connectivity index is 1.83. The maximum absolute atomic E-state index is 4.55. The highest BCUT2D eigenvalue weighted by Gasteiger charge is 2.18. The maximum Gasteiger partial charge on any atom is 0.146 e. The molecule has 0 aliphatic carbocycles. The predicted octanol–water partition coefficient (Wildman–Crippen LogP) is 1.75. The first kappa shape index (κ1) is 16.2. The number of nitrogens with zero attached hydrogens (tertiary/aromatic N) is 4. The number of likely N-dealkylation sites (tertiary alicyclic amines) is 1. The van der Waals surface area contributed by atoms with Crippen LogP contribution in [0.5, 0.6) is 0 Å². The van der Waals surface area contributed by atoms with Crippen molar-refractivity contribution in [3.8, 4) is 0 Å². The number of piperidine rings is 1. The van der Waals surface area contributed by atoms with E-state index in [0.29, 0.717) is 6.04 Å². The van der Waals surface area contributed by atoms with Gasteiger partial charge < -0.3 is 15.1 Å². The minimum atomic E-state index is 0.471. The van der Waals surface area contributed by atoms with Crippen molar-refractivity contribution in [2.24, 2.45) is 5.92 Å². The Morgan fingerprint density at radius 2 is 2.00 bits per heavy atom. The van der Waals surface area contributed by atoms with E-state index in [4.69, 9.17) is 0 Å². The van der Waals surface area contributed by atoms with E-state index < -0.39 is 0 Å². The highest BCUT2D eigenvalue weighted by molar-refractivity contribution is 5.34. The lowest BCUT2D eigenvalue weighted by Crippen LogP contribution is -2.36. The molecule has 0 unspecified atom stereocenters. The van der Waals surface area contributed by atoms with Crippen molar-refractivity contribution in [2.75, 3.05) is 38.6 Å². The Morgan fingerprint density at radius 1 is 1.29 bits per heavy atom. The fourth-order valence-corrected chi connectivity index (χ4v) is 2.67. The Morgan fingerprint density at radius 3 is 2.57 bits per heavy atom. The minimum absolute atomic E-state index is 0.471. The molecule has 0 saturated carbocycles. The smallest absolute Gasteiger partial charge is 0.146 e. The number of hydrogen-bond donors (Lipinski definition) is 1. The number of rotatable bonds is 6. The fraction of sp³-hybridized carbons (Fsp3) is 0.750. The highest BCUT2D eigenvalue weighted by atomic mass is 15.2. The lowest BCUT2D eigenvalue weighted by molar-refractivity contribution is 0.222. The van der Waals surface area contributed by atoms with Crippen LogP contribution in [0, 0.1) is 5.92 Å². The van der Waals surface area contributed by atoms with Gasteiger partial charge in [0.05, 0.1) is 18.1 Å². The van der Waals surface area contributed by atoms with Crippen molar-refractivity contribution in [3.63, 3.8) is 0 Å². The van der Waals surface area contributed by atoms with E-state index >= 15 is 0 Å². The second kappa shape index (κ2) is 7.71. The van der Waals surface area contributed by atoms with Crippen molar-refractivity contribution in [2.45, 2.75) is 39.3 Å². The Kier molecular flexibility index (Phi) is 5.94. The zero-order valence-electron chi connectivity index (χ0n) is 13.8. The van der Waals surface area contributed by atoms with Gasteiger partial charge in [-0.2, -0.15) is 0 Å². The average Bonchev–Trinajstić information content (AvgIpc) is 2.48. The summed E-state index contributed by atoms with van der Waals surface area (Å²) < 4.78 is 0. The van der Waals surface area contributed by atoms with E-state index in [9.17, 15) is 0 Å². The van der Waals surface area contributed by atoms with Gasteiger partial charge in [-0.1, -0.05) is 13.8 Å². The molecule has 0 spiro atoms. The summed E-state index contributed by atoms with van der Waals surface area (Å²) in [4.78, 5) is 13.7. The minimum Gasteiger partial charge on any atom is -0.358 e. The molecule has 2 heterocycles. The Hall–Kier alpha value is -1.20. The molecule has 1 N–H and O–H groups in total. The molecule has 0 aromatic carbocycles. The summed E-state index contributed by atoms with van der Waals surface area (Å²) in [6, 6.07) is 0.471. The molecule has 1 aliphatic heterocycles. The van der Waals surface area contributed by atoms with Crippen molar-refractivity contribution in [3.05, 3.63) is 18.1 Å². The molecule has 5 nitrogen and oxygen atoms in total. The fourth-order valence-electron chi connectivity index (χ4n) is 2.67. The van der Waals surface area contributed by atoms with Crippen LogP contribution in [0.25, 0.3) is 0 Å². The summed E-state index contributed by atoms with van der Waals surface area (Å²) in [5, 5.41) is 3.36. The first-order chi connectivity index (χ1) is 10.0. The quantitative estimate of drug-likeness (QED) is 0.865. The van der Waals surface area contributed by atoms with Gasteiger partial charge in [0.1, 0.15) is 5.82 Å². The van der Waals surface area contributed by atoms with Gasteiger partial charge in [-0.15, -0.1) is 0 Å². The molecular formula is C16H29N5. The normalized spacial score (nSPS) is 17.4. The number of anilines is 1. The molecule has 2 rings (SSSR count). The van der Waals surface area contributed by atoms with E-state index in [1.165, 1.54) is 25.9 Å². The summed E-state index contributed by atoms with van der Waals surface area (Å²) in [6.45, 7) is 8.55. The predicted molar refractivity (Wildman–Crippen MR) is 87.5 cm³/mol. The molecular weight excluding hydrogens is 262 g/mol. The molecule has 0 atom stereocenters. The highest BCUT2D eigenvalue weighted by Crippen LogP contribution is 2.19. The van der Waals surface area contributed by atoms with E-state index in [1.807, 2.05) is 12.4 Å². The number of hydrogen-bond acceptors (Lipinski definition) is 5. The van der Waals surface area contributed by atoms with E-state index in [2.05, 4.69) is 53.0 Å². The van der Waals surface area contributed by atoms with Crippen LogP contribution in [0.4, 0.5) is 5.82 Å². The number of aromatic nitrogens is 2. The van der Waals surface area contributed by atoms with Crippen LogP contribution >= 0.6 is 0 Å². The SMILES string of the molecule is CC(C)NCc1cnc(N(C)CC2CCN(C)CC2)cn1. The van der Waals surface area contributed by atoms with Gasteiger partial charge in [0.2, 0.25) is 0 Å². The molecule has 21 heavy (non-hydrogen) atoms. The Labute approximate surface area is 128 Å². The molecule has 5 heteroatoms. The molecule has 1 fully saturated rings. The van der Waals surface area contributed by atoms with Crippen LogP contribution in [0.15, 0.2) is 12.4 Å². The van der Waals surface area contributed by atoms with Crippen molar-refractivity contribution >= 4 is 5.82 Å². The standard InChI is InChI=1S/C16H29N5/c1-13(2)17-9-15-10-19-16(11-18-15)21(4)12-14-5-7-20(3)8-6-14/h10-11,13-14,17H,5-9,12H2,1-4H3. The first-order valence-electron chi connectivity index (χ1n) is 7.98. The maximum atomic E-state index is 4.55. The summed E-state index contributed by atoms with van der Waals surface area (Å²) in [6.07, 6.45) is 6.34. The summed E-state index contributed by atoms with van der Waals surface area (Å²) in [7, 11) is 4.32. The third kappa shape index (κ3) is 5.25. The molecule has 0 bridgehead atoms. The van der Waals surface area contributed by atoms with Gasteiger partial charge in [-0.3, -0.25) is 4.98 Å². The molecule has 1 aromatic rings. The van der Waals surface area contributed by atoms with E-state index in [0.717, 1.165) is 30.5 Å². The van der Waals surface area contributed by atoms with Crippen LogP contribution in [-0.2, 0) is 6.54 Å². The zero-order chi connectivity index (χ0) is 15.2. The van der Waals surface area contributed by atoms with E-state index in [1.54, 1.807) is 0 Å². The molecule has 0 amide bonds. The van der Waals surface area contributed by atoms with Crippen molar-refractivity contribution < 1.29 is 0 Å². The van der Waals surface area contributed by atoms with Crippen LogP contribution in [0.1, 0.15) is 32.4 Å². The van der Waals surface area contributed by atoms with Gasteiger partial charge in [0.15, 0.2) is 0 Å². The third-order valence-corrected chi connectivity index (χ3v) is 4.14.